The highest BCUT2D eigenvalue weighted by Gasteiger charge is 2.22. The minimum atomic E-state index is -4.19. The van der Waals surface area contributed by atoms with Crippen LogP contribution in [0, 0.1) is 0 Å². The van der Waals surface area contributed by atoms with Gasteiger partial charge in [0.05, 0.1) is 39.0 Å². The summed E-state index contributed by atoms with van der Waals surface area (Å²) in [5.41, 5.74) is -0.203. The smallest absolute Gasteiger partial charge is 0.337 e. The number of ether oxygens (including phenoxy) is 2. The minimum absolute atomic E-state index is 0.101. The molecular formula is C16H15O7PS. The highest BCUT2D eigenvalue weighted by atomic mass is 32.2. The van der Waals surface area contributed by atoms with E-state index in [4.69, 9.17) is 3.97 Å². The fourth-order valence-corrected chi connectivity index (χ4v) is 3.95. The molecule has 7 nitrogen and oxygen atoms in total. The Morgan fingerprint density at radius 3 is 1.88 bits per heavy atom. The molecule has 1 unspecified atom stereocenters. The average Bonchev–Trinajstić information content (AvgIpc) is 2.65. The molecule has 1 atom stereocenters. The van der Waals surface area contributed by atoms with Crippen molar-refractivity contribution in [3.63, 3.8) is 0 Å². The third-order valence-corrected chi connectivity index (χ3v) is 5.67. The molecule has 0 bridgehead atoms. The van der Waals surface area contributed by atoms with E-state index < -0.39 is 30.9 Å². The van der Waals surface area contributed by atoms with Gasteiger partial charge in [-0.3, -0.25) is 0 Å². The molecule has 0 aliphatic heterocycles. The Kier molecular flexibility index (Phi) is 6.25. The van der Waals surface area contributed by atoms with Crippen molar-refractivity contribution >= 4 is 36.2 Å². The molecule has 2 aromatic rings. The van der Waals surface area contributed by atoms with Gasteiger partial charge in [0.25, 0.3) is 10.1 Å². The third kappa shape index (κ3) is 4.85. The molecule has 0 amide bonds. The first-order chi connectivity index (χ1) is 11.9. The second-order valence-electron chi connectivity index (χ2n) is 4.73. The number of benzene rings is 2. The third-order valence-electron chi connectivity index (χ3n) is 3.08. The van der Waals surface area contributed by atoms with Gasteiger partial charge in [0, 0.05) is 5.30 Å². The lowest BCUT2D eigenvalue weighted by molar-refractivity contribution is 0.0598. The van der Waals surface area contributed by atoms with Crippen molar-refractivity contribution in [2.24, 2.45) is 0 Å². The Bertz CT molecular complexity index is 844. The Morgan fingerprint density at radius 1 is 0.880 bits per heavy atom. The predicted molar refractivity (Wildman–Crippen MR) is 91.8 cm³/mol. The van der Waals surface area contributed by atoms with Crippen molar-refractivity contribution in [3.05, 3.63) is 59.7 Å². The van der Waals surface area contributed by atoms with Crippen LogP contribution in [0.2, 0.25) is 0 Å². The summed E-state index contributed by atoms with van der Waals surface area (Å²) in [4.78, 5) is 23.1. The van der Waals surface area contributed by atoms with Crippen LogP contribution in [0.5, 0.6) is 0 Å². The van der Waals surface area contributed by atoms with Gasteiger partial charge in [0.15, 0.2) is 0 Å². The summed E-state index contributed by atoms with van der Waals surface area (Å²) in [5, 5.41) is 0.684. The van der Waals surface area contributed by atoms with Crippen LogP contribution in [0.15, 0.2) is 53.4 Å². The highest BCUT2D eigenvalue weighted by Crippen LogP contribution is 2.25. The summed E-state index contributed by atoms with van der Waals surface area (Å²) in [6, 6.07) is 12.1. The maximum absolute atomic E-state index is 12.4. The molecule has 2 aromatic carbocycles. The van der Waals surface area contributed by atoms with E-state index in [0.29, 0.717) is 5.30 Å². The molecule has 0 aromatic heterocycles. The molecule has 0 radical (unpaired) electrons. The Hall–Kier alpha value is -2.28. The van der Waals surface area contributed by atoms with Crippen LogP contribution in [0.1, 0.15) is 20.7 Å². The lowest BCUT2D eigenvalue weighted by Crippen LogP contribution is -2.11. The molecule has 0 aliphatic carbocycles. The predicted octanol–water partition coefficient (Wildman–Crippen LogP) is 1.88. The Morgan fingerprint density at radius 2 is 1.40 bits per heavy atom. The summed E-state index contributed by atoms with van der Waals surface area (Å²) >= 11 is 0. The zero-order valence-electron chi connectivity index (χ0n) is 13.4. The molecule has 0 spiro atoms. The zero-order chi connectivity index (χ0) is 18.4. The van der Waals surface area contributed by atoms with Crippen LogP contribution in [0.25, 0.3) is 0 Å². The van der Waals surface area contributed by atoms with Gasteiger partial charge in [0.1, 0.15) is 0 Å². The van der Waals surface area contributed by atoms with Gasteiger partial charge in [-0.25, -0.2) is 13.6 Å². The van der Waals surface area contributed by atoms with Gasteiger partial charge in [0.2, 0.25) is 0 Å². The van der Waals surface area contributed by atoms with E-state index in [-0.39, 0.29) is 16.0 Å². The van der Waals surface area contributed by atoms with Gasteiger partial charge < -0.3 is 9.47 Å². The quantitative estimate of drug-likeness (QED) is 0.556. The van der Waals surface area contributed by atoms with Crippen LogP contribution in [-0.2, 0) is 23.6 Å². The molecule has 0 N–H and O–H groups in total. The van der Waals surface area contributed by atoms with E-state index in [1.165, 1.54) is 6.07 Å². The zero-order valence-corrected chi connectivity index (χ0v) is 15.2. The minimum Gasteiger partial charge on any atom is -0.465 e. The second kappa shape index (κ2) is 8.20. The van der Waals surface area contributed by atoms with Crippen molar-refractivity contribution in [2.75, 3.05) is 14.2 Å². The van der Waals surface area contributed by atoms with Crippen LogP contribution in [0.4, 0.5) is 0 Å². The van der Waals surface area contributed by atoms with E-state index in [0.717, 1.165) is 26.4 Å². The fraction of sp³-hybridized carbons (Fsp3) is 0.125. The number of esters is 2. The van der Waals surface area contributed by atoms with Gasteiger partial charge in [-0.05, 0) is 18.2 Å². The molecular weight excluding hydrogens is 367 g/mol. The maximum atomic E-state index is 12.4. The molecule has 132 valence electrons. The van der Waals surface area contributed by atoms with Gasteiger partial charge in [-0.1, -0.05) is 30.3 Å². The van der Waals surface area contributed by atoms with Crippen molar-refractivity contribution in [2.45, 2.75) is 4.90 Å². The van der Waals surface area contributed by atoms with E-state index in [2.05, 4.69) is 9.47 Å². The SMILES string of the molecule is COC(=O)c1cc(C(=O)OC)cc(S(=O)(=O)OPc2ccccc2)c1. The number of hydrogen-bond donors (Lipinski definition) is 0. The molecule has 0 saturated carbocycles. The summed E-state index contributed by atoms with van der Waals surface area (Å²) < 4.78 is 39.0. The standard InChI is InChI=1S/C16H15O7PS/c1-21-15(17)11-8-12(16(18)22-2)10-14(9-11)25(19,20)23-24-13-6-4-3-5-7-13/h3-10,24H,1-2H3. The monoisotopic (exact) mass is 382 g/mol. The van der Waals surface area contributed by atoms with E-state index in [9.17, 15) is 18.0 Å². The number of carbonyl (C=O) groups excluding carboxylic acids is 2. The summed E-state index contributed by atoms with van der Waals surface area (Å²) in [5.74, 6) is -1.57. The van der Waals surface area contributed by atoms with Crippen molar-refractivity contribution in [1.82, 2.24) is 0 Å². The first-order valence-corrected chi connectivity index (χ1v) is 9.25. The highest BCUT2D eigenvalue weighted by molar-refractivity contribution is 7.90. The van der Waals surface area contributed by atoms with Crippen molar-refractivity contribution in [1.29, 1.82) is 0 Å². The van der Waals surface area contributed by atoms with Gasteiger partial charge in [-0.2, -0.15) is 8.42 Å². The largest absolute Gasteiger partial charge is 0.465 e. The molecule has 0 heterocycles. The lowest BCUT2D eigenvalue weighted by Gasteiger charge is -2.09. The lowest BCUT2D eigenvalue weighted by atomic mass is 10.1. The van der Waals surface area contributed by atoms with Crippen LogP contribution < -0.4 is 5.30 Å². The normalized spacial score (nSPS) is 11.4. The number of rotatable bonds is 6. The van der Waals surface area contributed by atoms with E-state index in [1.54, 1.807) is 30.3 Å². The summed E-state index contributed by atoms with van der Waals surface area (Å²) in [7, 11) is -2.35. The summed E-state index contributed by atoms with van der Waals surface area (Å²) in [6.45, 7) is 0. The molecule has 2 rings (SSSR count). The number of carbonyl (C=O) groups is 2. The fourth-order valence-electron chi connectivity index (χ4n) is 1.87. The first-order valence-electron chi connectivity index (χ1n) is 6.93. The average molecular weight is 382 g/mol. The van der Waals surface area contributed by atoms with Crippen LogP contribution >= 0.6 is 8.81 Å². The Balaban J connectivity index is 2.37. The summed E-state index contributed by atoms with van der Waals surface area (Å²) in [6.07, 6.45) is 0. The number of hydrogen-bond acceptors (Lipinski definition) is 7. The second-order valence-corrected chi connectivity index (χ2v) is 7.56. The Labute approximate surface area is 146 Å². The van der Waals surface area contributed by atoms with E-state index in [1.807, 2.05) is 0 Å². The molecule has 9 heteroatoms. The maximum Gasteiger partial charge on any atom is 0.337 e. The first kappa shape index (κ1) is 19.1. The van der Waals surface area contributed by atoms with Crippen molar-refractivity contribution < 1.29 is 31.5 Å². The molecule has 0 aliphatic rings. The topological polar surface area (TPSA) is 96.0 Å². The van der Waals surface area contributed by atoms with E-state index >= 15 is 0 Å². The number of methoxy groups -OCH3 is 2. The van der Waals surface area contributed by atoms with Crippen LogP contribution in [-0.4, -0.2) is 34.6 Å². The molecule has 0 fully saturated rings. The molecule has 0 saturated heterocycles. The molecule has 25 heavy (non-hydrogen) atoms. The van der Waals surface area contributed by atoms with Crippen molar-refractivity contribution in [3.8, 4) is 0 Å². The van der Waals surface area contributed by atoms with Gasteiger partial charge in [-0.15, -0.1) is 0 Å². The van der Waals surface area contributed by atoms with Gasteiger partial charge >= 0.3 is 11.9 Å². The van der Waals surface area contributed by atoms with Crippen LogP contribution in [0.3, 0.4) is 0 Å².